The topological polar surface area (TPSA) is 242 Å². The van der Waals surface area contributed by atoms with Crippen molar-refractivity contribution in [3.8, 4) is 74.0 Å². The third kappa shape index (κ3) is 12.3. The molecule has 0 radical (unpaired) electrons. The van der Waals surface area contributed by atoms with Crippen LogP contribution in [0.15, 0.2) is 78.9 Å². The Morgan fingerprint density at radius 1 is 0.571 bits per heavy atom. The molecule has 0 saturated carbocycles. The summed E-state index contributed by atoms with van der Waals surface area (Å²) in [4.78, 5) is 48.4. The second-order valence-electron chi connectivity index (χ2n) is 15.8. The highest BCUT2D eigenvalue weighted by atomic mass is 32.2. The van der Waals surface area contributed by atoms with Crippen LogP contribution in [0.5, 0.6) is 51.7 Å². The number of nitrogens with one attached hydrogen (secondary N) is 3. The van der Waals surface area contributed by atoms with Gasteiger partial charge in [-0.2, -0.15) is 8.42 Å². The predicted octanol–water partition coefficient (Wildman–Crippen LogP) is 7.56. The molecule has 0 unspecified atom stereocenters. The molecule has 0 aliphatic heterocycles. The summed E-state index contributed by atoms with van der Waals surface area (Å²) < 4.78 is 80.1. The monoisotopic (exact) mass is 985 g/mol. The number of carbonyl (C=O) groups excluding carboxylic acids is 4. The number of fused-ring (bicyclic) bond motifs is 6. The molecule has 0 fully saturated rings. The van der Waals surface area contributed by atoms with Crippen LogP contribution in [0, 0.1) is 0 Å². The molecular weight excluding hydrogens is 931 g/mol. The quantitative estimate of drug-likeness (QED) is 0.0477. The van der Waals surface area contributed by atoms with Crippen LogP contribution in [0.25, 0.3) is 22.3 Å². The fourth-order valence-electron chi connectivity index (χ4n) is 8.47. The van der Waals surface area contributed by atoms with Crippen molar-refractivity contribution < 1.29 is 74.8 Å². The number of aryl methyl sites for hydroxylation is 2. The Kier molecular flexibility index (Phi) is 17.0. The minimum atomic E-state index is -4.22. The van der Waals surface area contributed by atoms with E-state index in [-0.39, 0.29) is 36.2 Å². The molecule has 5 aromatic rings. The molecule has 2 aliphatic carbocycles. The minimum Gasteiger partial charge on any atom is -0.493 e. The highest BCUT2D eigenvalue weighted by Gasteiger charge is 2.32. The van der Waals surface area contributed by atoms with Gasteiger partial charge in [0, 0.05) is 31.5 Å². The molecule has 372 valence electrons. The van der Waals surface area contributed by atoms with Crippen molar-refractivity contribution in [2.45, 2.75) is 51.6 Å². The fourth-order valence-corrected chi connectivity index (χ4v) is 8.83. The van der Waals surface area contributed by atoms with E-state index in [1.165, 1.54) is 28.1 Å². The Hall–Kier alpha value is -7.71. The largest absolute Gasteiger partial charge is 0.519 e. The average Bonchev–Trinajstić information content (AvgIpc) is 3.56. The fraction of sp³-hybridized carbons (Fsp3) is 0.320. The molecule has 2 atom stereocenters. The molecule has 5 aromatic carbocycles. The van der Waals surface area contributed by atoms with Crippen LogP contribution < -0.4 is 58.6 Å². The molecule has 70 heavy (non-hydrogen) atoms. The van der Waals surface area contributed by atoms with E-state index in [0.29, 0.717) is 77.2 Å². The summed E-state index contributed by atoms with van der Waals surface area (Å²) >= 11 is 0. The number of amides is 3. The van der Waals surface area contributed by atoms with E-state index in [1.54, 1.807) is 83.0 Å². The van der Waals surface area contributed by atoms with Gasteiger partial charge in [0.25, 0.3) is 10.1 Å². The van der Waals surface area contributed by atoms with Crippen molar-refractivity contribution >= 4 is 34.2 Å². The summed E-state index contributed by atoms with van der Waals surface area (Å²) in [5, 5.41) is 8.22. The van der Waals surface area contributed by atoms with E-state index in [9.17, 15) is 27.6 Å². The van der Waals surface area contributed by atoms with Gasteiger partial charge in [-0.15, -0.1) is 0 Å². The van der Waals surface area contributed by atoms with Crippen LogP contribution in [0.1, 0.15) is 61.0 Å². The van der Waals surface area contributed by atoms with Crippen molar-refractivity contribution in [2.75, 3.05) is 55.0 Å². The molecule has 20 heteroatoms. The van der Waals surface area contributed by atoms with Gasteiger partial charge in [0.1, 0.15) is 17.2 Å². The molecule has 0 bridgehead atoms. The van der Waals surface area contributed by atoms with Gasteiger partial charge >= 0.3 is 12.2 Å². The summed E-state index contributed by atoms with van der Waals surface area (Å²) in [7, 11) is 5.08. The van der Waals surface area contributed by atoms with Crippen LogP contribution in [-0.4, -0.2) is 92.0 Å². The van der Waals surface area contributed by atoms with E-state index in [2.05, 4.69) is 16.0 Å². The lowest BCUT2D eigenvalue weighted by Gasteiger charge is -2.21. The van der Waals surface area contributed by atoms with Crippen LogP contribution in [-0.2, 0) is 32.5 Å². The number of methoxy groups -OCH3 is 6. The molecule has 0 heterocycles. The van der Waals surface area contributed by atoms with Crippen LogP contribution in [0.3, 0.4) is 0 Å². The number of carbonyl (C=O) groups is 4. The van der Waals surface area contributed by atoms with Crippen molar-refractivity contribution in [1.29, 1.82) is 0 Å². The molecular formula is C50H55N3O16S. The van der Waals surface area contributed by atoms with E-state index in [0.717, 1.165) is 38.9 Å². The summed E-state index contributed by atoms with van der Waals surface area (Å²) in [6.07, 6.45) is 0.682. The first-order chi connectivity index (χ1) is 33.5. The first-order valence-electron chi connectivity index (χ1n) is 21.8. The van der Waals surface area contributed by atoms with Gasteiger partial charge in [0.05, 0.1) is 60.5 Å². The maximum Gasteiger partial charge on any atom is 0.519 e. The number of para-hydroxylation sites is 1. The lowest BCUT2D eigenvalue weighted by atomic mass is 9.93. The smallest absolute Gasteiger partial charge is 0.493 e. The van der Waals surface area contributed by atoms with E-state index < -0.39 is 28.1 Å². The third-order valence-electron chi connectivity index (χ3n) is 11.3. The van der Waals surface area contributed by atoms with Gasteiger partial charge in [-0.1, -0.05) is 30.3 Å². The zero-order chi connectivity index (χ0) is 50.7. The molecule has 4 N–H and O–H groups in total. The number of ether oxygens (including phenoxy) is 9. The molecule has 0 saturated heterocycles. The Balaban J connectivity index is 0.000000230. The van der Waals surface area contributed by atoms with Crippen LogP contribution in [0.2, 0.25) is 0 Å². The van der Waals surface area contributed by atoms with Crippen LogP contribution in [0.4, 0.5) is 9.59 Å². The lowest BCUT2D eigenvalue weighted by molar-refractivity contribution is -0.120. The van der Waals surface area contributed by atoms with Gasteiger partial charge in [-0.3, -0.25) is 14.1 Å². The Morgan fingerprint density at radius 3 is 1.43 bits per heavy atom. The number of benzene rings is 5. The van der Waals surface area contributed by atoms with Crippen molar-refractivity contribution in [2.24, 2.45) is 0 Å². The number of hydrogen-bond donors (Lipinski definition) is 4. The zero-order valence-corrected chi connectivity index (χ0v) is 40.7. The third-order valence-corrected chi connectivity index (χ3v) is 12.0. The van der Waals surface area contributed by atoms with Gasteiger partial charge in [0.2, 0.25) is 23.3 Å². The molecule has 0 aromatic heterocycles. The summed E-state index contributed by atoms with van der Waals surface area (Å²) in [6.45, 7) is 2.58. The van der Waals surface area contributed by atoms with Crippen molar-refractivity contribution in [3.05, 3.63) is 101 Å². The minimum absolute atomic E-state index is 0.163. The van der Waals surface area contributed by atoms with Gasteiger partial charge in [0.15, 0.2) is 23.0 Å². The standard InChI is InChI=1S/C27H27NO7.C23H28N2O9S/c1-16(29)28-22-13-10-17-14-23(31-2)25(32-3)26(33-4)24(17)20-12-11-19(15-21(20)22)35-27(30)34-18-8-6-5-7-9-18;1-13(26)25-18-8-5-14-11-19(31-2)21(32-3)22(33-4)20(14)16-7-6-15(12-17(16)18)34-23(27)24-9-10-35(28,29)30/h5-9,11-12,14-15,22H,10,13H2,1-4H3,(H,28,29);6-7,11-12,18H,5,8-10H2,1-4H3,(H,24,27)(H,25,26)(H,28,29,30)/t22-;18-/m00/s1. The summed E-state index contributed by atoms with van der Waals surface area (Å²) in [6, 6.07) is 22.0. The van der Waals surface area contributed by atoms with Crippen molar-refractivity contribution in [3.63, 3.8) is 0 Å². The molecule has 7 rings (SSSR count). The summed E-state index contributed by atoms with van der Waals surface area (Å²) in [5.74, 6) is 2.83. The normalized spacial score (nSPS) is 14.3. The highest BCUT2D eigenvalue weighted by Crippen LogP contribution is 2.52. The first-order valence-corrected chi connectivity index (χ1v) is 23.5. The maximum atomic E-state index is 12.4. The second-order valence-corrected chi connectivity index (χ2v) is 17.4. The summed E-state index contributed by atoms with van der Waals surface area (Å²) in [5.41, 5.74) is 6.62. The first kappa shape index (κ1) is 51.7. The average molecular weight is 986 g/mol. The Morgan fingerprint density at radius 2 is 1.01 bits per heavy atom. The number of hydrogen-bond acceptors (Lipinski definition) is 15. The maximum absolute atomic E-state index is 12.4. The Labute approximate surface area is 405 Å². The van der Waals surface area contributed by atoms with Crippen molar-refractivity contribution in [1.82, 2.24) is 16.0 Å². The second kappa shape index (κ2) is 23.1. The molecule has 3 amide bonds. The Bertz CT molecular complexity index is 2860. The highest BCUT2D eigenvalue weighted by molar-refractivity contribution is 7.85. The lowest BCUT2D eigenvalue weighted by Crippen LogP contribution is -2.31. The molecule has 0 spiro atoms. The SMILES string of the molecule is COc1cc2c(c(OC)c1OC)-c1ccc(OC(=O)NCCS(=O)(=O)O)cc1[C@@H](NC(C)=O)CC2.COc1cc2c(c(OC)c1OC)-c1ccc(OC(=O)Oc3ccccc3)cc1[C@@H](NC(C)=O)CC2. The van der Waals surface area contributed by atoms with Gasteiger partial charge < -0.3 is 58.6 Å². The van der Waals surface area contributed by atoms with E-state index in [4.69, 9.17) is 47.2 Å². The van der Waals surface area contributed by atoms with Gasteiger partial charge in [-0.05, 0) is 108 Å². The molecule has 19 nitrogen and oxygen atoms in total. The van der Waals surface area contributed by atoms with Gasteiger partial charge in [-0.25, -0.2) is 9.59 Å². The zero-order valence-electron chi connectivity index (χ0n) is 39.9. The predicted molar refractivity (Wildman–Crippen MR) is 256 cm³/mol. The molecule has 2 aliphatic rings. The van der Waals surface area contributed by atoms with Crippen LogP contribution >= 0.6 is 0 Å². The van der Waals surface area contributed by atoms with E-state index >= 15 is 0 Å². The number of rotatable bonds is 14. The van der Waals surface area contributed by atoms with E-state index in [1.807, 2.05) is 24.3 Å².